The van der Waals surface area contributed by atoms with Crippen molar-refractivity contribution in [3.05, 3.63) is 12.2 Å². The highest BCUT2D eigenvalue weighted by Gasteiger charge is 2.47. The number of nitrogens with one attached hydrogen (secondary N) is 4. The van der Waals surface area contributed by atoms with Gasteiger partial charge in [0.1, 0.15) is 60.4 Å². The Morgan fingerprint density at radius 2 is 0.906 bits per heavy atom. The average molecular weight is 1360 g/mol. The molecule has 2 unspecified atom stereocenters. The molecule has 5 N–H and O–H groups in total. The number of hydrogen-bond donors (Lipinski definition) is 5. The van der Waals surface area contributed by atoms with Gasteiger partial charge in [-0.15, -0.1) is 0 Å². The van der Waals surface area contributed by atoms with Gasteiger partial charge in [0, 0.05) is 69.0 Å². The number of nitrogens with zero attached hydrogens (tertiary/aromatic N) is 8. The van der Waals surface area contributed by atoms with Crippen LogP contribution in [-0.4, -0.2) is 270 Å². The fourth-order valence-corrected chi connectivity index (χ4v) is 12.6. The van der Waals surface area contributed by atoms with Crippen LogP contribution in [0.4, 0.5) is 0 Å². The van der Waals surface area contributed by atoms with Gasteiger partial charge in [-0.25, -0.2) is 0 Å². The number of ether oxygens (including phenoxy) is 2. The summed E-state index contributed by atoms with van der Waals surface area (Å²) in [5.74, 6) is -10.4. The highest BCUT2D eigenvalue weighted by molar-refractivity contribution is 6.00. The van der Waals surface area contributed by atoms with E-state index in [9.17, 15) is 29.1 Å². The van der Waals surface area contributed by atoms with Crippen LogP contribution >= 0.6 is 0 Å². The Morgan fingerprint density at radius 1 is 0.479 bits per heavy atom. The van der Waals surface area contributed by atoms with E-state index in [0.717, 1.165) is 9.80 Å². The molecule has 2 aliphatic heterocycles. The van der Waals surface area contributed by atoms with Crippen molar-refractivity contribution in [1.82, 2.24) is 60.5 Å². The molecule has 0 aliphatic carbocycles. The number of aliphatic hydroxyl groups is 1. The van der Waals surface area contributed by atoms with Crippen molar-refractivity contribution < 1.29 is 67.3 Å². The van der Waals surface area contributed by atoms with Crippen LogP contribution in [0.3, 0.4) is 0 Å². The Labute approximate surface area is 574 Å². The molecule has 2 rings (SSSR count). The van der Waals surface area contributed by atoms with Gasteiger partial charge in [0.2, 0.25) is 65.3 Å². The first kappa shape index (κ1) is 85.8. The monoisotopic (exact) mass is 1360 g/mol. The van der Waals surface area contributed by atoms with Gasteiger partial charge in [0.05, 0.1) is 24.9 Å². The fraction of sp³-hybridized carbons (Fsp3) is 0.814. The summed E-state index contributed by atoms with van der Waals surface area (Å²) in [4.78, 5) is 175. The predicted molar refractivity (Wildman–Crippen MR) is 370 cm³/mol. The third-order valence-corrected chi connectivity index (χ3v) is 18.4. The zero-order valence-electron chi connectivity index (χ0n) is 63.2. The molecule has 11 amide bonds. The SMILES string of the molecule is C/C=C/C[C@@H](C)[C@@H](O)[C@H]1C(=O)N[C@@H](CC)C(=O)N(C)[C@H](OCCN2CC(C)OC(C)C2)C(=O)N(C)[C@@H](CC(C)C)C(=O)N[C@@H](C(C)C)C(=O)N(C)[C@@H](CC(C)C)C(=O)N[C@@H](C)C(=O)N[C@H](C)C(=O)N(C)[C@@H](CC(C)C)C(=O)N(C)[C@@H](CC(C)C)C(=O)N(C)[C@@H](C(C)C)C(=O)N1C. The van der Waals surface area contributed by atoms with E-state index in [-0.39, 0.29) is 81.0 Å². The second-order valence-electron chi connectivity index (χ2n) is 29.5. The molecule has 0 spiro atoms. The number of rotatable bonds is 19. The zero-order chi connectivity index (χ0) is 73.8. The minimum absolute atomic E-state index is 0.0503. The van der Waals surface area contributed by atoms with Crippen molar-refractivity contribution in [2.45, 2.75) is 255 Å². The summed E-state index contributed by atoms with van der Waals surface area (Å²) in [6.45, 7) is 35.1. The molecule has 2 saturated heterocycles. The quantitative estimate of drug-likeness (QED) is 0.115. The van der Waals surface area contributed by atoms with Gasteiger partial charge in [-0.2, -0.15) is 0 Å². The third-order valence-electron chi connectivity index (χ3n) is 18.4. The number of likely N-dealkylation sites (N-methyl/N-ethyl adjacent to an activating group) is 7. The molecule has 0 aromatic carbocycles. The van der Waals surface area contributed by atoms with Crippen LogP contribution in [-0.2, 0) is 62.2 Å². The van der Waals surface area contributed by atoms with Crippen LogP contribution in [0.5, 0.6) is 0 Å². The number of carbonyl (C=O) groups excluding carboxylic acids is 11. The summed E-state index contributed by atoms with van der Waals surface area (Å²) in [5, 5.41) is 23.5. The molecule has 2 fully saturated rings. The molecule has 15 atom stereocenters. The van der Waals surface area contributed by atoms with Crippen molar-refractivity contribution in [3.8, 4) is 0 Å². The minimum Gasteiger partial charge on any atom is -0.390 e. The third kappa shape index (κ3) is 24.0. The van der Waals surface area contributed by atoms with Gasteiger partial charge < -0.3 is 70.1 Å². The normalized spacial score (nSPS) is 28.7. The summed E-state index contributed by atoms with van der Waals surface area (Å²) >= 11 is 0. The van der Waals surface area contributed by atoms with Crippen molar-refractivity contribution >= 4 is 65.0 Å². The Hall–Kier alpha value is -6.25. The smallest absolute Gasteiger partial charge is 0.273 e. The minimum atomic E-state index is -1.70. The first-order valence-corrected chi connectivity index (χ1v) is 34.9. The molecule has 0 bridgehead atoms. The number of amides is 11. The largest absolute Gasteiger partial charge is 0.390 e. The van der Waals surface area contributed by atoms with Crippen molar-refractivity contribution in [2.24, 2.45) is 41.4 Å². The van der Waals surface area contributed by atoms with Gasteiger partial charge in [-0.1, -0.05) is 109 Å². The van der Waals surface area contributed by atoms with Crippen molar-refractivity contribution in [2.75, 3.05) is 75.6 Å². The molecule has 2 heterocycles. The van der Waals surface area contributed by atoms with E-state index in [1.165, 1.54) is 87.7 Å². The van der Waals surface area contributed by atoms with Gasteiger partial charge in [0.25, 0.3) is 5.91 Å². The van der Waals surface area contributed by atoms with Crippen LogP contribution in [0.25, 0.3) is 0 Å². The summed E-state index contributed by atoms with van der Waals surface area (Å²) in [5.41, 5.74) is 0. The van der Waals surface area contributed by atoms with Crippen LogP contribution in [0, 0.1) is 41.4 Å². The molecule has 550 valence electrons. The molecule has 0 aromatic heterocycles. The Kier molecular flexibility index (Phi) is 35.2. The zero-order valence-corrected chi connectivity index (χ0v) is 63.2. The maximum atomic E-state index is 15.4. The maximum absolute atomic E-state index is 15.4. The second-order valence-corrected chi connectivity index (χ2v) is 29.5. The molecular formula is C70H126N12O14. The van der Waals surface area contributed by atoms with E-state index in [1.807, 2.05) is 75.3 Å². The molecule has 0 radical (unpaired) electrons. The molecule has 0 aromatic rings. The van der Waals surface area contributed by atoms with Crippen LogP contribution < -0.4 is 21.3 Å². The molecule has 26 heteroatoms. The van der Waals surface area contributed by atoms with Crippen LogP contribution in [0.2, 0.25) is 0 Å². The van der Waals surface area contributed by atoms with E-state index in [2.05, 4.69) is 26.2 Å². The van der Waals surface area contributed by atoms with Crippen molar-refractivity contribution in [1.29, 1.82) is 0 Å². The van der Waals surface area contributed by atoms with Crippen molar-refractivity contribution in [3.63, 3.8) is 0 Å². The second kappa shape index (κ2) is 39.4. The number of aliphatic hydroxyl groups excluding tert-OH is 1. The Bertz CT molecular complexity index is 2630. The number of hydrogen-bond acceptors (Lipinski definition) is 15. The number of morpholine rings is 1. The van der Waals surface area contributed by atoms with Crippen LogP contribution in [0.1, 0.15) is 170 Å². The lowest BCUT2D eigenvalue weighted by Crippen LogP contribution is -2.64. The van der Waals surface area contributed by atoms with E-state index in [4.69, 9.17) is 9.47 Å². The van der Waals surface area contributed by atoms with Crippen LogP contribution in [0.15, 0.2) is 12.2 Å². The molecule has 2 aliphatic rings. The average Bonchev–Trinajstić information content (AvgIpc) is 0.808. The molecule has 96 heavy (non-hydrogen) atoms. The topological polar surface area (TPSA) is 300 Å². The number of carbonyl (C=O) groups is 11. The summed E-state index contributed by atoms with van der Waals surface area (Å²) in [6.07, 6.45) is 0.859. The first-order chi connectivity index (χ1) is 44.5. The van der Waals surface area contributed by atoms with Gasteiger partial charge in [-0.05, 0) is 115 Å². The standard InChI is InChI=1S/C70H126N12O14/c1-27-29-30-45(15)58(83)57-62(87)73-50(28-2)64(89)81(26)70(95-32-31-82-37-46(16)96-47(17)38-82)69(94)76(21)52(34-40(5)6)61(86)74-55(43(11)12)67(92)75(20)51(33-39(3)4)60(85)71-48(18)59(84)72-49(19)63(88)77(22)53(35-41(7)8)65(90)78(23)54(36-42(9)10)66(91)79(24)56(44(13)14)68(93)80(57)25/h27,29,39-58,70,83H,28,30-38H2,1-26H3,(H,71,85)(H,72,84)(H,73,87)(H,74,86)/b29-27+/t45-,46?,47?,48+,49-,50+,51+,52+,53+,54+,55+,56+,57+,58-,70-/m1/s1. The first-order valence-electron chi connectivity index (χ1n) is 34.9. The van der Waals surface area contributed by atoms with E-state index < -0.39 is 155 Å². The Balaban J connectivity index is 3.12. The van der Waals surface area contributed by atoms with Gasteiger partial charge >= 0.3 is 0 Å². The van der Waals surface area contributed by atoms with E-state index in [1.54, 1.807) is 54.5 Å². The lowest BCUT2D eigenvalue weighted by atomic mass is 9.91. The molecule has 0 saturated carbocycles. The van der Waals surface area contributed by atoms with E-state index in [0.29, 0.717) is 19.6 Å². The highest BCUT2D eigenvalue weighted by Crippen LogP contribution is 2.26. The molecule has 26 nitrogen and oxygen atoms in total. The van der Waals surface area contributed by atoms with Gasteiger partial charge in [0.15, 0.2) is 0 Å². The number of allylic oxidation sites excluding steroid dienone is 2. The lowest BCUT2D eigenvalue weighted by molar-refractivity contribution is -0.169. The lowest BCUT2D eigenvalue weighted by Gasteiger charge is -2.41. The fourth-order valence-electron chi connectivity index (χ4n) is 12.6. The Morgan fingerprint density at radius 3 is 1.36 bits per heavy atom. The highest BCUT2D eigenvalue weighted by atomic mass is 16.5. The van der Waals surface area contributed by atoms with Gasteiger partial charge in [-0.3, -0.25) is 57.6 Å². The molecular weight excluding hydrogens is 1230 g/mol. The maximum Gasteiger partial charge on any atom is 0.273 e. The summed E-state index contributed by atoms with van der Waals surface area (Å²) < 4.78 is 12.4. The predicted octanol–water partition coefficient (Wildman–Crippen LogP) is 3.72. The summed E-state index contributed by atoms with van der Waals surface area (Å²) in [7, 11) is 9.88. The van der Waals surface area contributed by atoms with E-state index >= 15 is 28.8 Å². The summed E-state index contributed by atoms with van der Waals surface area (Å²) in [6, 6.07) is -12.9.